The quantitative estimate of drug-likeness (QED) is 0.503. The van der Waals surface area contributed by atoms with Crippen LogP contribution < -0.4 is 5.32 Å². The third-order valence-electron chi connectivity index (χ3n) is 4.60. The minimum absolute atomic E-state index is 0.0127. The SMILES string of the molecule is O=C(CCNC(=O)c1ccsc1)OCC(=O)N1N=C(c2cccs2)CC1c1cccs1. The van der Waals surface area contributed by atoms with Crippen molar-refractivity contribution in [2.24, 2.45) is 5.10 Å². The summed E-state index contributed by atoms with van der Waals surface area (Å²) in [4.78, 5) is 38.7. The third kappa shape index (κ3) is 5.27. The zero-order valence-corrected chi connectivity index (χ0v) is 18.8. The largest absolute Gasteiger partial charge is 0.455 e. The summed E-state index contributed by atoms with van der Waals surface area (Å²) in [6, 6.07) is 9.36. The number of ether oxygens (including phenoxy) is 1. The van der Waals surface area contributed by atoms with E-state index in [2.05, 4.69) is 10.4 Å². The highest BCUT2D eigenvalue weighted by atomic mass is 32.1. The summed E-state index contributed by atoms with van der Waals surface area (Å²) in [5.41, 5.74) is 1.41. The fourth-order valence-electron chi connectivity index (χ4n) is 3.09. The van der Waals surface area contributed by atoms with E-state index in [0.717, 1.165) is 15.5 Å². The van der Waals surface area contributed by atoms with Crippen LogP contribution in [0.4, 0.5) is 0 Å². The van der Waals surface area contributed by atoms with Crippen molar-refractivity contribution in [3.63, 3.8) is 0 Å². The first-order valence-electron chi connectivity index (χ1n) is 9.54. The molecule has 10 heteroatoms. The van der Waals surface area contributed by atoms with E-state index in [1.165, 1.54) is 16.3 Å². The van der Waals surface area contributed by atoms with Gasteiger partial charge in [-0.15, -0.1) is 22.7 Å². The summed E-state index contributed by atoms with van der Waals surface area (Å²) in [7, 11) is 0. The molecule has 1 unspecified atom stereocenters. The van der Waals surface area contributed by atoms with Crippen LogP contribution in [-0.4, -0.2) is 41.7 Å². The summed E-state index contributed by atoms with van der Waals surface area (Å²) in [5, 5.41) is 16.1. The van der Waals surface area contributed by atoms with Crippen LogP contribution in [0.3, 0.4) is 0 Å². The highest BCUT2D eigenvalue weighted by Crippen LogP contribution is 2.35. The molecule has 0 aromatic carbocycles. The minimum atomic E-state index is -0.548. The van der Waals surface area contributed by atoms with Crippen LogP contribution in [0, 0.1) is 0 Å². The molecule has 3 aromatic heterocycles. The summed E-state index contributed by atoms with van der Waals surface area (Å²) < 4.78 is 5.14. The van der Waals surface area contributed by atoms with E-state index in [0.29, 0.717) is 12.0 Å². The number of nitrogens with one attached hydrogen (secondary N) is 1. The van der Waals surface area contributed by atoms with E-state index in [4.69, 9.17) is 4.74 Å². The van der Waals surface area contributed by atoms with Crippen molar-refractivity contribution in [3.05, 3.63) is 67.2 Å². The Morgan fingerprint density at radius 1 is 1.13 bits per heavy atom. The molecule has 0 saturated heterocycles. The number of amides is 2. The number of hydrogen-bond acceptors (Lipinski definition) is 8. The Kier molecular flexibility index (Phi) is 6.90. The van der Waals surface area contributed by atoms with E-state index < -0.39 is 5.97 Å². The van der Waals surface area contributed by atoms with E-state index in [9.17, 15) is 14.4 Å². The molecule has 1 N–H and O–H groups in total. The Morgan fingerprint density at radius 3 is 2.68 bits per heavy atom. The first-order valence-corrected chi connectivity index (χ1v) is 12.2. The monoisotopic (exact) mass is 473 g/mol. The lowest BCUT2D eigenvalue weighted by molar-refractivity contribution is -0.152. The first-order chi connectivity index (χ1) is 15.1. The lowest BCUT2D eigenvalue weighted by Crippen LogP contribution is -2.32. The minimum Gasteiger partial charge on any atom is -0.455 e. The van der Waals surface area contributed by atoms with Gasteiger partial charge in [-0.2, -0.15) is 16.4 Å². The van der Waals surface area contributed by atoms with Gasteiger partial charge in [0, 0.05) is 28.8 Å². The van der Waals surface area contributed by atoms with Crippen LogP contribution in [0.2, 0.25) is 0 Å². The number of hydrazone groups is 1. The predicted molar refractivity (Wildman–Crippen MR) is 122 cm³/mol. The maximum absolute atomic E-state index is 12.8. The second-order valence-electron chi connectivity index (χ2n) is 6.68. The summed E-state index contributed by atoms with van der Waals surface area (Å²) in [6.45, 7) is -0.246. The second-order valence-corrected chi connectivity index (χ2v) is 9.38. The fourth-order valence-corrected chi connectivity index (χ4v) is 5.26. The van der Waals surface area contributed by atoms with Crippen LogP contribution >= 0.6 is 34.0 Å². The van der Waals surface area contributed by atoms with Gasteiger partial charge < -0.3 is 10.1 Å². The molecule has 31 heavy (non-hydrogen) atoms. The van der Waals surface area contributed by atoms with E-state index in [1.54, 1.807) is 34.1 Å². The van der Waals surface area contributed by atoms with Gasteiger partial charge in [0.1, 0.15) is 0 Å². The van der Waals surface area contributed by atoms with Gasteiger partial charge in [-0.1, -0.05) is 12.1 Å². The lowest BCUT2D eigenvalue weighted by Gasteiger charge is -2.20. The summed E-state index contributed by atoms with van der Waals surface area (Å²) >= 11 is 4.57. The molecule has 0 radical (unpaired) electrons. The molecule has 7 nitrogen and oxygen atoms in total. The molecule has 1 aliphatic heterocycles. The van der Waals surface area contributed by atoms with Gasteiger partial charge in [-0.05, 0) is 34.3 Å². The average molecular weight is 474 g/mol. The van der Waals surface area contributed by atoms with Crippen molar-refractivity contribution in [1.82, 2.24) is 10.3 Å². The van der Waals surface area contributed by atoms with Crippen molar-refractivity contribution in [3.8, 4) is 0 Å². The molecule has 4 rings (SSSR count). The van der Waals surface area contributed by atoms with Crippen molar-refractivity contribution >= 4 is 57.5 Å². The molecule has 3 aromatic rings. The van der Waals surface area contributed by atoms with Gasteiger partial charge in [-0.25, -0.2) is 5.01 Å². The third-order valence-corrected chi connectivity index (χ3v) is 7.17. The number of rotatable bonds is 8. The van der Waals surface area contributed by atoms with Crippen molar-refractivity contribution in [2.45, 2.75) is 18.9 Å². The standard InChI is InChI=1S/C21H19N3O4S3/c25-19(12-28-20(26)5-7-22-21(27)14-6-10-29-13-14)24-16(18-4-2-9-31-18)11-15(23-24)17-3-1-8-30-17/h1-4,6,8-10,13,16H,5,7,11-12H2,(H,22,27). The van der Waals surface area contributed by atoms with Gasteiger partial charge >= 0.3 is 5.97 Å². The van der Waals surface area contributed by atoms with Gasteiger partial charge in [0.05, 0.1) is 23.1 Å². The molecular formula is C21H19N3O4S3. The van der Waals surface area contributed by atoms with Crippen LogP contribution in [0.25, 0.3) is 0 Å². The van der Waals surface area contributed by atoms with Crippen LogP contribution in [0.15, 0.2) is 57.0 Å². The van der Waals surface area contributed by atoms with Crippen LogP contribution in [-0.2, 0) is 14.3 Å². The number of nitrogens with zero attached hydrogens (tertiary/aromatic N) is 2. The molecule has 4 heterocycles. The molecular weight excluding hydrogens is 454 g/mol. The topological polar surface area (TPSA) is 88.1 Å². The Labute approximate surface area is 191 Å². The Hall–Kier alpha value is -2.82. The number of esters is 1. The maximum Gasteiger partial charge on any atom is 0.308 e. The highest BCUT2D eigenvalue weighted by Gasteiger charge is 2.34. The van der Waals surface area contributed by atoms with Crippen molar-refractivity contribution in [2.75, 3.05) is 13.2 Å². The van der Waals surface area contributed by atoms with Crippen LogP contribution in [0.1, 0.15) is 39.0 Å². The van der Waals surface area contributed by atoms with Crippen molar-refractivity contribution in [1.29, 1.82) is 0 Å². The lowest BCUT2D eigenvalue weighted by atomic mass is 10.1. The number of carbonyl (C=O) groups excluding carboxylic acids is 3. The molecule has 160 valence electrons. The number of carbonyl (C=O) groups is 3. The van der Waals surface area contributed by atoms with E-state index in [1.807, 2.05) is 40.4 Å². The van der Waals surface area contributed by atoms with E-state index >= 15 is 0 Å². The molecule has 0 fully saturated rings. The molecule has 0 aliphatic carbocycles. The molecule has 1 aliphatic rings. The number of thiophene rings is 3. The van der Waals surface area contributed by atoms with Gasteiger partial charge in [0.15, 0.2) is 6.61 Å². The zero-order valence-electron chi connectivity index (χ0n) is 16.4. The van der Waals surface area contributed by atoms with Crippen LogP contribution in [0.5, 0.6) is 0 Å². The Bertz CT molecular complexity index is 1060. The summed E-state index contributed by atoms with van der Waals surface area (Å²) in [6.07, 6.45) is 0.608. The highest BCUT2D eigenvalue weighted by molar-refractivity contribution is 7.12. The zero-order chi connectivity index (χ0) is 21.6. The van der Waals surface area contributed by atoms with Gasteiger partial charge in [0.25, 0.3) is 11.8 Å². The van der Waals surface area contributed by atoms with Gasteiger partial charge in [-0.3, -0.25) is 14.4 Å². The number of hydrogen-bond donors (Lipinski definition) is 1. The molecule has 2 amide bonds. The average Bonchev–Trinajstić information content (AvgIpc) is 3.58. The first kappa shape index (κ1) is 21.4. The molecule has 1 atom stereocenters. The van der Waals surface area contributed by atoms with E-state index in [-0.39, 0.29) is 37.4 Å². The molecule has 0 saturated carbocycles. The van der Waals surface area contributed by atoms with Crippen molar-refractivity contribution < 1.29 is 19.1 Å². The second kappa shape index (κ2) is 9.99. The Balaban J connectivity index is 1.30. The Morgan fingerprint density at radius 2 is 1.97 bits per heavy atom. The predicted octanol–water partition coefficient (Wildman–Crippen LogP) is 3.91. The normalized spacial score (nSPS) is 15.5. The van der Waals surface area contributed by atoms with Gasteiger partial charge in [0.2, 0.25) is 0 Å². The fraction of sp³-hybridized carbons (Fsp3) is 0.238. The smallest absolute Gasteiger partial charge is 0.308 e. The molecule has 0 bridgehead atoms. The molecule has 0 spiro atoms. The maximum atomic E-state index is 12.8. The summed E-state index contributed by atoms with van der Waals surface area (Å²) in [5.74, 6) is -1.16.